The molecule has 0 radical (unpaired) electrons. The maximum absolute atomic E-state index is 13.6. The number of benzene rings is 1. The number of nitrogens with zero attached hydrogens (tertiary/aromatic N) is 8. The number of piperidine rings is 1. The van der Waals surface area contributed by atoms with Crippen LogP contribution in [0.3, 0.4) is 0 Å². The number of fused-ring (bicyclic) bond motifs is 1. The molecule has 0 bridgehead atoms. The number of rotatable bonds is 37. The molecule has 2 aliphatic rings. The van der Waals surface area contributed by atoms with Crippen molar-refractivity contribution in [1.82, 2.24) is 40.1 Å². The fraction of sp³-hybridized carbons (Fsp3) is 0.667. The minimum atomic E-state index is -1.58. The van der Waals surface area contributed by atoms with Gasteiger partial charge in [0.15, 0.2) is 20.3 Å². The van der Waals surface area contributed by atoms with E-state index in [2.05, 4.69) is 35.6 Å². The van der Waals surface area contributed by atoms with Gasteiger partial charge in [-0.2, -0.15) is 15.1 Å². The van der Waals surface area contributed by atoms with Crippen molar-refractivity contribution >= 4 is 58.5 Å². The maximum atomic E-state index is 13.6. The van der Waals surface area contributed by atoms with E-state index in [0.717, 1.165) is 50.0 Å². The molecule has 422 valence electrons. The van der Waals surface area contributed by atoms with Gasteiger partial charge in [-0.3, -0.25) is 9.59 Å². The molecule has 24 nitrogen and oxygen atoms in total. The summed E-state index contributed by atoms with van der Waals surface area (Å²) in [5.41, 5.74) is 1.19. The van der Waals surface area contributed by atoms with E-state index in [9.17, 15) is 22.9 Å². The highest BCUT2D eigenvalue weighted by Crippen LogP contribution is 2.39. The highest BCUT2D eigenvalue weighted by Gasteiger charge is 2.30. The second kappa shape index (κ2) is 39.5. The Bertz CT molecular complexity index is 2140. The van der Waals surface area contributed by atoms with Crippen LogP contribution < -0.4 is 10.2 Å². The first-order chi connectivity index (χ1) is 36.7. The van der Waals surface area contributed by atoms with Crippen LogP contribution in [0.1, 0.15) is 49.6 Å². The Morgan fingerprint density at radius 2 is 1.40 bits per heavy atom. The smallest absolute Gasteiger partial charge is 0.290 e. The van der Waals surface area contributed by atoms with Gasteiger partial charge in [0.2, 0.25) is 11.7 Å². The van der Waals surface area contributed by atoms with Gasteiger partial charge in [-0.25, -0.2) is 22.5 Å². The number of carbonyl (C=O) groups excluding carboxylic acids is 1. The molecule has 4 N–H and O–H groups in total. The number of aromatic nitrogens is 7. The molecule has 0 aliphatic carbocycles. The lowest BCUT2D eigenvalue weighted by atomic mass is 10.1. The molecule has 75 heavy (non-hydrogen) atoms. The lowest BCUT2D eigenvalue weighted by Crippen LogP contribution is -2.30. The first kappa shape index (κ1) is 63.6. The fourth-order valence-corrected chi connectivity index (χ4v) is 8.50. The van der Waals surface area contributed by atoms with Crippen molar-refractivity contribution in [2.45, 2.75) is 64.0 Å². The monoisotopic (exact) mass is 1130 g/mol. The molecule has 2 aliphatic heterocycles. The van der Waals surface area contributed by atoms with Gasteiger partial charge < -0.3 is 72.3 Å². The number of amides is 1. The molecular weight excluding hydrogens is 1060 g/mol. The van der Waals surface area contributed by atoms with E-state index in [1.807, 2.05) is 0 Å². The zero-order valence-electron chi connectivity index (χ0n) is 41.7. The van der Waals surface area contributed by atoms with Crippen LogP contribution in [0.25, 0.3) is 11.0 Å². The Kier molecular flexibility index (Phi) is 33.5. The molecule has 4 aromatic rings. The van der Waals surface area contributed by atoms with Crippen molar-refractivity contribution in [1.29, 1.82) is 0 Å². The standard InChI is InChI=1S/C28H43F3N4O9.C16H24ClN5O4P2.CH2O2/c29-24-19-27(30)26(28(31)20-24)1-4-37-7-10-40-13-14-42-12-9-39-6-3-35-21-25(33-34-35)22-44-18-17-43-16-15-41-11-8-38-5-2-32-23-36;17-16-19-14(21-6-2-1-3-7-21)12-8-18-22(15(12)20-16)13-5-4-11(26-13)9-25-28(24)10-27-23;2-1-3/h19-21,23H,1-18,22H2,(H,32,36);8,11,13,23-24,27H,1-7,9-10H2;1H,(H,2,3). The van der Waals surface area contributed by atoms with Crippen LogP contribution in [0.2, 0.25) is 5.28 Å². The summed E-state index contributed by atoms with van der Waals surface area (Å²) in [6.07, 6.45) is 8.96. The van der Waals surface area contributed by atoms with Gasteiger partial charge in [0.05, 0.1) is 149 Å². The molecule has 5 heterocycles. The Morgan fingerprint density at radius 3 is 2.01 bits per heavy atom. The molecule has 1 amide bonds. The minimum absolute atomic E-state index is 0.00491. The van der Waals surface area contributed by atoms with Gasteiger partial charge in [-0.15, -0.1) is 5.10 Å². The van der Waals surface area contributed by atoms with Gasteiger partial charge in [-0.05, 0) is 43.7 Å². The van der Waals surface area contributed by atoms with Crippen LogP contribution >= 0.6 is 28.8 Å². The van der Waals surface area contributed by atoms with E-state index in [1.165, 1.54) is 6.42 Å². The summed E-state index contributed by atoms with van der Waals surface area (Å²) in [7, 11) is -1.89. The third kappa shape index (κ3) is 25.9. The maximum Gasteiger partial charge on any atom is 0.290 e. The van der Waals surface area contributed by atoms with Gasteiger partial charge in [0.1, 0.15) is 29.0 Å². The highest BCUT2D eigenvalue weighted by atomic mass is 35.5. The van der Waals surface area contributed by atoms with Crippen molar-refractivity contribution in [2.75, 3.05) is 136 Å². The molecule has 30 heteroatoms. The molecule has 2 saturated heterocycles. The summed E-state index contributed by atoms with van der Waals surface area (Å²) >= 11 is 6.23. The second-order valence-corrected chi connectivity index (χ2v) is 18.9. The molecule has 4 atom stereocenters. The Morgan fingerprint density at radius 1 is 0.813 bits per heavy atom. The molecule has 4 unspecified atom stereocenters. The molecule has 0 spiro atoms. The predicted molar refractivity (Wildman–Crippen MR) is 268 cm³/mol. The number of hydrogen-bond donors (Lipinski definition) is 4. The largest absolute Gasteiger partial charge is 0.483 e. The van der Waals surface area contributed by atoms with E-state index in [4.69, 9.17) is 73.6 Å². The lowest BCUT2D eigenvalue weighted by molar-refractivity contribution is -0.122. The van der Waals surface area contributed by atoms with Crippen LogP contribution in [-0.2, 0) is 76.3 Å². The summed E-state index contributed by atoms with van der Waals surface area (Å²) in [5, 5.41) is 23.1. The van der Waals surface area contributed by atoms with Crippen molar-refractivity contribution in [3.63, 3.8) is 0 Å². The molecule has 3 aromatic heterocycles. The highest BCUT2D eigenvalue weighted by molar-refractivity contribution is 7.58. The van der Waals surface area contributed by atoms with Crippen molar-refractivity contribution in [3.8, 4) is 0 Å². The summed E-state index contributed by atoms with van der Waals surface area (Å²) < 4.78 is 98.2. The molecule has 6 rings (SSSR count). The van der Waals surface area contributed by atoms with Gasteiger partial charge in [0.25, 0.3) is 6.47 Å². The van der Waals surface area contributed by atoms with Crippen molar-refractivity contribution < 1.29 is 84.8 Å². The molecular formula is C45H69ClF3N9O15P2. The summed E-state index contributed by atoms with van der Waals surface area (Å²) in [5.74, 6) is -1.66. The van der Waals surface area contributed by atoms with Gasteiger partial charge >= 0.3 is 0 Å². The molecule has 1 aromatic carbocycles. The zero-order chi connectivity index (χ0) is 53.7. The van der Waals surface area contributed by atoms with Crippen LogP contribution in [0.4, 0.5) is 19.0 Å². The summed E-state index contributed by atoms with van der Waals surface area (Å²) in [4.78, 5) is 48.1. The summed E-state index contributed by atoms with van der Waals surface area (Å²) in [6.45, 7) is 9.19. The van der Waals surface area contributed by atoms with E-state index in [1.54, 1.807) is 21.8 Å². The topological polar surface area (TPSA) is 277 Å². The van der Waals surface area contributed by atoms with Gasteiger partial charge in [-0.1, -0.05) is 5.21 Å². The number of carbonyl (C=O) groups is 2. The van der Waals surface area contributed by atoms with E-state index in [0.29, 0.717) is 142 Å². The number of hydrogen-bond acceptors (Lipinski definition) is 20. The lowest BCUT2D eigenvalue weighted by Gasteiger charge is -2.28. The zero-order valence-corrected chi connectivity index (χ0v) is 44.3. The van der Waals surface area contributed by atoms with E-state index < -0.39 is 25.8 Å². The first-order valence-corrected chi connectivity index (χ1v) is 27.3. The number of carboxylic acid groups (broad SMARTS) is 1. The van der Waals surface area contributed by atoms with Crippen LogP contribution in [-0.4, -0.2) is 200 Å². The average molecular weight is 1130 g/mol. The Balaban J connectivity index is 0.000000334. The van der Waals surface area contributed by atoms with E-state index >= 15 is 0 Å². The first-order valence-electron chi connectivity index (χ1n) is 24.3. The van der Waals surface area contributed by atoms with E-state index in [-0.39, 0.29) is 64.0 Å². The predicted octanol–water partition coefficient (Wildman–Crippen LogP) is 4.03. The average Bonchev–Trinajstić information content (AvgIpc) is 4.18. The number of nitrogens with one attached hydrogen (secondary N) is 1. The quantitative estimate of drug-likeness (QED) is 0.0215. The third-order valence-corrected chi connectivity index (χ3v) is 12.9. The second-order valence-electron chi connectivity index (χ2n) is 16.0. The van der Waals surface area contributed by atoms with Crippen LogP contribution in [0.5, 0.6) is 0 Å². The Hall–Kier alpha value is -3.89. The normalized spacial score (nSPS) is 16.0. The number of ether oxygens (including phenoxy) is 9. The van der Waals surface area contributed by atoms with Crippen LogP contribution in [0.15, 0.2) is 24.5 Å². The Labute approximate surface area is 440 Å². The fourth-order valence-electron chi connectivity index (χ4n) is 7.15. The molecule has 2 fully saturated rings. The number of anilines is 1. The van der Waals surface area contributed by atoms with Gasteiger partial charge in [0, 0.05) is 52.6 Å². The number of halogens is 4. The molecule has 0 saturated carbocycles. The van der Waals surface area contributed by atoms with Crippen molar-refractivity contribution in [3.05, 3.63) is 58.5 Å². The third-order valence-electron chi connectivity index (χ3n) is 10.6. The van der Waals surface area contributed by atoms with Crippen molar-refractivity contribution in [2.24, 2.45) is 0 Å². The summed E-state index contributed by atoms with van der Waals surface area (Å²) in [6, 6.07) is 1.30. The van der Waals surface area contributed by atoms with Crippen LogP contribution in [0, 0.1) is 17.5 Å². The minimum Gasteiger partial charge on any atom is -0.483 e. The SMILES string of the molecule is O=CNCCOCCOCCOCCOCc1cn(CCOCCOCCOCCOCCc2c(F)cc(F)cc2F)nn1.O=CO.OPCP(O)OCC1CCC(n2ncc3c(N4CCCCC4)nc(Cl)nc32)O1.